The fraction of sp³-hybridized carbons (Fsp3) is 0.231. The van der Waals surface area contributed by atoms with Crippen molar-refractivity contribution in [3.8, 4) is 0 Å². The Kier molecular flexibility index (Phi) is 4.62. The molecule has 0 atom stereocenters. The van der Waals surface area contributed by atoms with Crippen molar-refractivity contribution in [2.75, 3.05) is 0 Å². The van der Waals surface area contributed by atoms with Crippen LogP contribution in [-0.4, -0.2) is 11.1 Å². The summed E-state index contributed by atoms with van der Waals surface area (Å²) < 4.78 is 6.86. The van der Waals surface area contributed by atoms with Crippen LogP contribution in [-0.2, 0) is 6.54 Å². The average molecular weight is 435 g/mol. The second-order valence-electron chi connectivity index (χ2n) is 4.11. The maximum atomic E-state index is 12.1. The van der Waals surface area contributed by atoms with E-state index in [1.54, 1.807) is 0 Å². The minimum atomic E-state index is -0.120. The number of aromatic nitrogens is 1. The molecule has 0 saturated carbocycles. The number of benzene rings is 1. The van der Waals surface area contributed by atoms with Gasteiger partial charge in [0, 0.05) is 20.2 Å². The van der Waals surface area contributed by atoms with Crippen molar-refractivity contribution in [3.05, 3.63) is 48.8 Å². The Hall–Kier alpha value is -0.890. The molecule has 1 aromatic carbocycles. The number of nitrogens with zero attached hydrogens (tertiary/aromatic N) is 1. The molecule has 0 radical (unpaired) electrons. The fourth-order valence-corrected chi connectivity index (χ4v) is 2.61. The second-order valence-corrected chi connectivity index (χ2v) is 6.21. The summed E-state index contributed by atoms with van der Waals surface area (Å²) in [6, 6.07) is 5.65. The van der Waals surface area contributed by atoms with Gasteiger partial charge in [-0.05, 0) is 70.6 Å². The summed E-state index contributed by atoms with van der Waals surface area (Å²) in [6.07, 6.45) is 0. The van der Waals surface area contributed by atoms with Crippen LogP contribution in [0.3, 0.4) is 0 Å². The van der Waals surface area contributed by atoms with Gasteiger partial charge in [0.15, 0.2) is 0 Å². The lowest BCUT2D eigenvalue weighted by Crippen LogP contribution is -2.23. The molecule has 0 fully saturated rings. The van der Waals surface area contributed by atoms with E-state index in [1.165, 1.54) is 0 Å². The Bertz CT molecular complexity index is 606. The van der Waals surface area contributed by atoms with Crippen molar-refractivity contribution in [1.82, 2.24) is 10.5 Å². The van der Waals surface area contributed by atoms with Gasteiger partial charge in [0.05, 0.1) is 11.3 Å². The van der Waals surface area contributed by atoms with Gasteiger partial charge >= 0.3 is 0 Å². The maximum Gasteiger partial charge on any atom is 0.252 e. The molecule has 6 heteroatoms. The van der Waals surface area contributed by atoms with Gasteiger partial charge in [0.1, 0.15) is 5.76 Å². The smallest absolute Gasteiger partial charge is 0.252 e. The summed E-state index contributed by atoms with van der Waals surface area (Å²) in [6.45, 7) is 4.11. The van der Waals surface area contributed by atoms with Crippen LogP contribution < -0.4 is 5.32 Å². The molecule has 1 amide bonds. The number of carbonyl (C=O) groups is 1. The highest BCUT2D eigenvalue weighted by Gasteiger charge is 2.13. The van der Waals surface area contributed by atoms with Crippen molar-refractivity contribution in [2.45, 2.75) is 20.4 Å². The number of hydrogen-bond acceptors (Lipinski definition) is 3. The number of halogens is 2. The van der Waals surface area contributed by atoms with E-state index in [0.29, 0.717) is 12.1 Å². The highest BCUT2D eigenvalue weighted by molar-refractivity contribution is 14.1. The van der Waals surface area contributed by atoms with Crippen LogP contribution in [0.1, 0.15) is 27.4 Å². The zero-order chi connectivity index (χ0) is 14.0. The highest BCUT2D eigenvalue weighted by Crippen LogP contribution is 2.20. The monoisotopic (exact) mass is 434 g/mol. The molecule has 2 aromatic rings. The van der Waals surface area contributed by atoms with Crippen molar-refractivity contribution in [1.29, 1.82) is 0 Å². The molecule has 19 heavy (non-hydrogen) atoms. The zero-order valence-electron chi connectivity index (χ0n) is 10.5. The predicted octanol–water partition coefficient (Wildman–Crippen LogP) is 3.59. The van der Waals surface area contributed by atoms with Gasteiger partial charge in [-0.25, -0.2) is 0 Å². The molecule has 1 heterocycles. The number of amides is 1. The van der Waals surface area contributed by atoms with E-state index in [9.17, 15) is 4.79 Å². The van der Waals surface area contributed by atoms with Crippen LogP contribution in [0.15, 0.2) is 27.2 Å². The number of aryl methyl sites for hydroxylation is 2. The van der Waals surface area contributed by atoms with E-state index in [0.717, 1.165) is 25.1 Å². The van der Waals surface area contributed by atoms with Crippen LogP contribution >= 0.6 is 38.5 Å². The summed E-state index contributed by atoms with van der Waals surface area (Å²) in [5.41, 5.74) is 2.35. The minimum absolute atomic E-state index is 0.120. The molecule has 0 spiro atoms. The number of nitrogens with one attached hydrogen (secondary N) is 1. The molecular weight excluding hydrogens is 423 g/mol. The molecule has 0 aliphatic rings. The Morgan fingerprint density at radius 3 is 2.84 bits per heavy atom. The summed E-state index contributed by atoms with van der Waals surface area (Å²) in [7, 11) is 0. The van der Waals surface area contributed by atoms with E-state index in [2.05, 4.69) is 49.0 Å². The van der Waals surface area contributed by atoms with Gasteiger partial charge in [-0.1, -0.05) is 5.16 Å². The van der Waals surface area contributed by atoms with Crippen molar-refractivity contribution >= 4 is 44.4 Å². The lowest BCUT2D eigenvalue weighted by Gasteiger charge is -2.07. The van der Waals surface area contributed by atoms with Gasteiger partial charge in [0.25, 0.3) is 5.91 Å². The Morgan fingerprint density at radius 2 is 2.21 bits per heavy atom. The normalized spacial score (nSPS) is 10.5. The van der Waals surface area contributed by atoms with Crippen molar-refractivity contribution in [2.24, 2.45) is 0 Å². The molecule has 100 valence electrons. The Morgan fingerprint density at radius 1 is 1.47 bits per heavy atom. The average Bonchev–Trinajstić information content (AvgIpc) is 2.69. The van der Waals surface area contributed by atoms with E-state index in [-0.39, 0.29) is 5.91 Å². The van der Waals surface area contributed by atoms with Gasteiger partial charge in [-0.2, -0.15) is 0 Å². The van der Waals surface area contributed by atoms with Crippen LogP contribution in [0.2, 0.25) is 0 Å². The van der Waals surface area contributed by atoms with E-state index in [4.69, 9.17) is 4.52 Å². The van der Waals surface area contributed by atoms with E-state index < -0.39 is 0 Å². The molecule has 4 nitrogen and oxygen atoms in total. The van der Waals surface area contributed by atoms with Crippen LogP contribution in [0, 0.1) is 17.4 Å². The third kappa shape index (κ3) is 3.36. The molecule has 1 N–H and O–H groups in total. The largest absolute Gasteiger partial charge is 0.361 e. The first-order valence-electron chi connectivity index (χ1n) is 5.64. The Balaban J connectivity index is 2.12. The molecule has 0 bridgehead atoms. The maximum absolute atomic E-state index is 12.1. The standard InChI is InChI=1S/C13H12BrIN2O2/c1-7-11(8(2)19-17-7)6-16-13(18)10-5-9(15)3-4-12(10)14/h3-5H,6H2,1-2H3,(H,16,18). The van der Waals surface area contributed by atoms with Gasteiger partial charge in [-0.3, -0.25) is 4.79 Å². The van der Waals surface area contributed by atoms with Crippen LogP contribution in [0.25, 0.3) is 0 Å². The summed E-state index contributed by atoms with van der Waals surface area (Å²) in [5.74, 6) is 0.616. The number of carbonyl (C=O) groups excluding carboxylic acids is 1. The number of rotatable bonds is 3. The first kappa shape index (κ1) is 14.5. The van der Waals surface area contributed by atoms with E-state index in [1.807, 2.05) is 32.0 Å². The fourth-order valence-electron chi connectivity index (χ4n) is 1.69. The summed E-state index contributed by atoms with van der Waals surface area (Å²) in [5, 5.41) is 6.74. The first-order chi connectivity index (χ1) is 8.99. The quantitative estimate of drug-likeness (QED) is 0.751. The topological polar surface area (TPSA) is 55.1 Å². The molecule has 0 aliphatic heterocycles. The number of hydrogen-bond donors (Lipinski definition) is 1. The van der Waals surface area contributed by atoms with Gasteiger partial charge < -0.3 is 9.84 Å². The lowest BCUT2D eigenvalue weighted by molar-refractivity contribution is 0.0950. The summed E-state index contributed by atoms with van der Waals surface area (Å²) in [4.78, 5) is 12.1. The van der Waals surface area contributed by atoms with Crippen LogP contribution in [0.4, 0.5) is 0 Å². The van der Waals surface area contributed by atoms with Gasteiger partial charge in [0.2, 0.25) is 0 Å². The molecule has 1 aromatic heterocycles. The third-order valence-electron chi connectivity index (χ3n) is 2.78. The molecule has 0 aliphatic carbocycles. The minimum Gasteiger partial charge on any atom is -0.361 e. The summed E-state index contributed by atoms with van der Waals surface area (Å²) >= 11 is 5.56. The van der Waals surface area contributed by atoms with Crippen LogP contribution in [0.5, 0.6) is 0 Å². The van der Waals surface area contributed by atoms with Gasteiger partial charge in [-0.15, -0.1) is 0 Å². The zero-order valence-corrected chi connectivity index (χ0v) is 14.2. The van der Waals surface area contributed by atoms with Crippen molar-refractivity contribution in [3.63, 3.8) is 0 Å². The highest BCUT2D eigenvalue weighted by atomic mass is 127. The van der Waals surface area contributed by atoms with Crippen molar-refractivity contribution < 1.29 is 9.32 Å². The predicted molar refractivity (Wildman–Crippen MR) is 84.0 cm³/mol. The molecule has 0 saturated heterocycles. The lowest BCUT2D eigenvalue weighted by atomic mass is 10.2. The molecule has 0 unspecified atom stereocenters. The first-order valence-corrected chi connectivity index (χ1v) is 7.51. The second kappa shape index (κ2) is 6.04. The third-order valence-corrected chi connectivity index (χ3v) is 4.14. The van der Waals surface area contributed by atoms with E-state index >= 15 is 0 Å². The molecular formula is C13H12BrIN2O2. The Labute approximate surface area is 133 Å². The SMILES string of the molecule is Cc1noc(C)c1CNC(=O)c1cc(I)ccc1Br. The molecule has 2 rings (SSSR count).